The Morgan fingerprint density at radius 3 is 2.68 bits per heavy atom. The predicted octanol–water partition coefficient (Wildman–Crippen LogP) is 3.07. The fourth-order valence-electron chi connectivity index (χ4n) is 2.17. The Morgan fingerprint density at radius 1 is 1.08 bits per heavy atom. The Hall–Kier alpha value is -3.72. The van der Waals surface area contributed by atoms with Crippen LogP contribution in [0.2, 0.25) is 0 Å². The molecule has 6 nitrogen and oxygen atoms in total. The standard InChI is InChI=1S/C19H14N4O2/c20-12-17-19(22-10-9-21-17)25-16-8-4-7-15(11-16)18(24)23-13-14-5-2-1-3-6-14/h1-11H,13H2,(H,23,24). The maximum absolute atomic E-state index is 12.3. The second kappa shape index (κ2) is 7.70. The van der Waals surface area contributed by atoms with Gasteiger partial charge in [0.15, 0.2) is 0 Å². The lowest BCUT2D eigenvalue weighted by molar-refractivity contribution is 0.0950. The molecule has 122 valence electrons. The van der Waals surface area contributed by atoms with Crippen molar-refractivity contribution in [1.29, 1.82) is 5.26 Å². The first-order chi connectivity index (χ1) is 12.3. The topological polar surface area (TPSA) is 87.9 Å². The molecule has 1 amide bonds. The first kappa shape index (κ1) is 16.1. The molecule has 0 bridgehead atoms. The molecule has 0 aliphatic carbocycles. The highest BCUT2D eigenvalue weighted by atomic mass is 16.5. The molecule has 0 saturated heterocycles. The van der Waals surface area contributed by atoms with E-state index in [1.807, 2.05) is 36.4 Å². The van der Waals surface area contributed by atoms with Gasteiger partial charge in [0.1, 0.15) is 11.8 Å². The van der Waals surface area contributed by atoms with Crippen LogP contribution in [0.5, 0.6) is 11.6 Å². The first-order valence-electron chi connectivity index (χ1n) is 7.57. The van der Waals surface area contributed by atoms with Gasteiger partial charge in [0.25, 0.3) is 11.8 Å². The van der Waals surface area contributed by atoms with E-state index in [0.29, 0.717) is 17.9 Å². The molecule has 25 heavy (non-hydrogen) atoms. The van der Waals surface area contributed by atoms with Gasteiger partial charge in [-0.05, 0) is 23.8 Å². The van der Waals surface area contributed by atoms with Crippen LogP contribution in [0.1, 0.15) is 21.6 Å². The number of amides is 1. The van der Waals surface area contributed by atoms with Crippen molar-refractivity contribution in [3.05, 3.63) is 83.8 Å². The van der Waals surface area contributed by atoms with Gasteiger partial charge < -0.3 is 10.1 Å². The number of hydrogen-bond acceptors (Lipinski definition) is 5. The van der Waals surface area contributed by atoms with Gasteiger partial charge in [-0.2, -0.15) is 5.26 Å². The van der Waals surface area contributed by atoms with Crippen LogP contribution >= 0.6 is 0 Å². The zero-order valence-corrected chi connectivity index (χ0v) is 13.2. The first-order valence-corrected chi connectivity index (χ1v) is 7.57. The van der Waals surface area contributed by atoms with Gasteiger partial charge in [-0.3, -0.25) is 4.79 Å². The summed E-state index contributed by atoms with van der Waals surface area (Å²) >= 11 is 0. The molecule has 0 atom stereocenters. The molecule has 0 unspecified atom stereocenters. The molecule has 0 saturated carbocycles. The summed E-state index contributed by atoms with van der Waals surface area (Å²) in [6, 6.07) is 18.2. The highest BCUT2D eigenvalue weighted by molar-refractivity contribution is 5.94. The van der Waals surface area contributed by atoms with Crippen molar-refractivity contribution in [2.45, 2.75) is 6.54 Å². The lowest BCUT2D eigenvalue weighted by Gasteiger charge is -2.08. The number of hydrogen-bond donors (Lipinski definition) is 1. The second-order valence-electron chi connectivity index (χ2n) is 5.12. The summed E-state index contributed by atoms with van der Waals surface area (Å²) in [5.41, 5.74) is 1.55. The van der Waals surface area contributed by atoms with Gasteiger partial charge in [-0.1, -0.05) is 36.4 Å². The third kappa shape index (κ3) is 4.18. The Kier molecular flexibility index (Phi) is 4.98. The van der Waals surface area contributed by atoms with Crippen LogP contribution in [0.25, 0.3) is 0 Å². The van der Waals surface area contributed by atoms with E-state index < -0.39 is 0 Å². The summed E-state index contributed by atoms with van der Waals surface area (Å²) in [4.78, 5) is 20.2. The Labute approximate surface area is 144 Å². The molecule has 6 heteroatoms. The van der Waals surface area contributed by atoms with E-state index in [9.17, 15) is 4.79 Å². The minimum atomic E-state index is -0.214. The van der Waals surface area contributed by atoms with Crippen molar-refractivity contribution in [2.24, 2.45) is 0 Å². The summed E-state index contributed by atoms with van der Waals surface area (Å²) in [7, 11) is 0. The van der Waals surface area contributed by atoms with Crippen molar-refractivity contribution in [3.8, 4) is 17.7 Å². The molecule has 0 radical (unpaired) electrons. The fourth-order valence-corrected chi connectivity index (χ4v) is 2.17. The van der Waals surface area contributed by atoms with Gasteiger partial charge in [0.2, 0.25) is 5.69 Å². The number of carbonyl (C=O) groups excluding carboxylic acids is 1. The van der Waals surface area contributed by atoms with Crippen LogP contribution in [0, 0.1) is 11.3 Å². The van der Waals surface area contributed by atoms with Crippen molar-refractivity contribution in [3.63, 3.8) is 0 Å². The predicted molar refractivity (Wildman–Crippen MR) is 90.9 cm³/mol. The van der Waals surface area contributed by atoms with Crippen molar-refractivity contribution < 1.29 is 9.53 Å². The summed E-state index contributed by atoms with van der Waals surface area (Å²) in [6.07, 6.45) is 2.85. The van der Waals surface area contributed by atoms with E-state index in [0.717, 1.165) is 5.56 Å². The molecule has 0 aliphatic heterocycles. The van der Waals surface area contributed by atoms with E-state index in [2.05, 4.69) is 15.3 Å². The zero-order chi connectivity index (χ0) is 17.5. The van der Waals surface area contributed by atoms with Crippen LogP contribution in [-0.4, -0.2) is 15.9 Å². The quantitative estimate of drug-likeness (QED) is 0.777. The lowest BCUT2D eigenvalue weighted by Crippen LogP contribution is -2.22. The number of rotatable bonds is 5. The van der Waals surface area contributed by atoms with Crippen molar-refractivity contribution in [1.82, 2.24) is 15.3 Å². The average molecular weight is 330 g/mol. The lowest BCUT2D eigenvalue weighted by atomic mass is 10.2. The largest absolute Gasteiger partial charge is 0.436 e. The molecular formula is C19H14N4O2. The Morgan fingerprint density at radius 2 is 1.88 bits per heavy atom. The molecule has 0 aliphatic rings. The number of nitrogens with one attached hydrogen (secondary N) is 1. The molecule has 1 heterocycles. The van der Waals surface area contributed by atoms with Gasteiger partial charge >= 0.3 is 0 Å². The molecule has 3 rings (SSSR count). The number of nitrogens with zero attached hydrogens (tertiary/aromatic N) is 3. The fraction of sp³-hybridized carbons (Fsp3) is 0.0526. The highest BCUT2D eigenvalue weighted by Crippen LogP contribution is 2.22. The van der Waals surface area contributed by atoms with Crippen LogP contribution in [-0.2, 0) is 6.54 Å². The van der Waals surface area contributed by atoms with Crippen LogP contribution in [0.4, 0.5) is 0 Å². The van der Waals surface area contributed by atoms with Crippen LogP contribution in [0.15, 0.2) is 67.0 Å². The minimum absolute atomic E-state index is 0.0847. The number of aromatic nitrogens is 2. The second-order valence-corrected chi connectivity index (χ2v) is 5.12. The Bertz CT molecular complexity index is 920. The smallest absolute Gasteiger partial charge is 0.256 e. The monoisotopic (exact) mass is 330 g/mol. The third-order valence-corrected chi connectivity index (χ3v) is 3.38. The van der Waals surface area contributed by atoms with Crippen LogP contribution in [0.3, 0.4) is 0 Å². The number of nitriles is 1. The zero-order valence-electron chi connectivity index (χ0n) is 13.2. The summed E-state index contributed by atoms with van der Waals surface area (Å²) in [5.74, 6) is 0.296. The van der Waals surface area contributed by atoms with Gasteiger partial charge in [-0.25, -0.2) is 9.97 Å². The third-order valence-electron chi connectivity index (χ3n) is 3.38. The van der Waals surface area contributed by atoms with Gasteiger partial charge in [0.05, 0.1) is 0 Å². The summed E-state index contributed by atoms with van der Waals surface area (Å²) < 4.78 is 5.58. The van der Waals surface area contributed by atoms with Crippen LogP contribution < -0.4 is 10.1 Å². The SMILES string of the molecule is N#Cc1nccnc1Oc1cccc(C(=O)NCc2ccccc2)c1. The number of carbonyl (C=O) groups is 1. The van der Waals surface area contributed by atoms with Gasteiger partial charge in [0, 0.05) is 24.5 Å². The van der Waals surface area contributed by atoms with Crippen molar-refractivity contribution in [2.75, 3.05) is 0 Å². The molecule has 2 aromatic carbocycles. The normalized spacial score (nSPS) is 9.88. The number of ether oxygens (including phenoxy) is 1. The Balaban J connectivity index is 1.71. The highest BCUT2D eigenvalue weighted by Gasteiger charge is 2.10. The molecule has 1 aromatic heterocycles. The maximum atomic E-state index is 12.3. The summed E-state index contributed by atoms with van der Waals surface area (Å²) in [5, 5.41) is 11.9. The van der Waals surface area contributed by atoms with E-state index in [4.69, 9.17) is 10.00 Å². The molecule has 0 fully saturated rings. The summed E-state index contributed by atoms with van der Waals surface area (Å²) in [6.45, 7) is 0.438. The van der Waals surface area contributed by atoms with E-state index in [1.165, 1.54) is 12.4 Å². The number of benzene rings is 2. The molecule has 0 spiro atoms. The minimum Gasteiger partial charge on any atom is -0.436 e. The van der Waals surface area contributed by atoms with E-state index >= 15 is 0 Å². The maximum Gasteiger partial charge on any atom is 0.256 e. The van der Waals surface area contributed by atoms with Crippen molar-refractivity contribution >= 4 is 5.91 Å². The molecule has 3 aromatic rings. The molecule has 1 N–H and O–H groups in total. The van der Waals surface area contributed by atoms with E-state index in [-0.39, 0.29) is 17.5 Å². The average Bonchev–Trinajstić information content (AvgIpc) is 2.67. The molecular weight excluding hydrogens is 316 g/mol. The van der Waals surface area contributed by atoms with Gasteiger partial charge in [-0.15, -0.1) is 0 Å². The van der Waals surface area contributed by atoms with E-state index in [1.54, 1.807) is 24.3 Å².